The average Bonchev–Trinajstić information content (AvgIpc) is 2.33. The quantitative estimate of drug-likeness (QED) is 0.601. The first-order valence-electron chi connectivity index (χ1n) is 5.88. The van der Waals surface area contributed by atoms with Gasteiger partial charge in [-0.15, -0.1) is 0 Å². The number of nitrogens with zero attached hydrogens (tertiary/aromatic N) is 1. The number of hydrogen-bond acceptors (Lipinski definition) is 3. The Labute approximate surface area is 101 Å². The maximum absolute atomic E-state index is 10.3. The molecule has 2 aliphatic rings. The van der Waals surface area contributed by atoms with Gasteiger partial charge in [-0.2, -0.15) is 0 Å². The van der Waals surface area contributed by atoms with E-state index in [1.54, 1.807) is 0 Å². The number of allylic oxidation sites excluding steroid dienone is 3. The van der Waals surface area contributed by atoms with E-state index in [-0.39, 0.29) is 0 Å². The molecule has 0 atom stereocenters. The summed E-state index contributed by atoms with van der Waals surface area (Å²) in [5.41, 5.74) is 0. The SMILES string of the molecule is O=CNC1CCN(SC2=CCCC=C2)CC1. The van der Waals surface area contributed by atoms with Crippen molar-refractivity contribution in [3.63, 3.8) is 0 Å². The summed E-state index contributed by atoms with van der Waals surface area (Å²) in [7, 11) is 0. The molecule has 0 spiro atoms. The van der Waals surface area contributed by atoms with Crippen LogP contribution < -0.4 is 5.32 Å². The van der Waals surface area contributed by atoms with Crippen LogP contribution in [0.2, 0.25) is 0 Å². The second-order valence-corrected chi connectivity index (χ2v) is 5.34. The molecule has 0 unspecified atom stereocenters. The van der Waals surface area contributed by atoms with Crippen LogP contribution in [-0.4, -0.2) is 29.8 Å². The van der Waals surface area contributed by atoms with E-state index in [1.165, 1.54) is 17.7 Å². The fraction of sp³-hybridized carbons (Fsp3) is 0.583. The van der Waals surface area contributed by atoms with Crippen LogP contribution in [-0.2, 0) is 4.79 Å². The predicted octanol–water partition coefficient (Wildman–Crippen LogP) is 2.08. The zero-order chi connectivity index (χ0) is 11.2. The van der Waals surface area contributed by atoms with Gasteiger partial charge in [0.15, 0.2) is 0 Å². The second-order valence-electron chi connectivity index (χ2n) is 4.17. The largest absolute Gasteiger partial charge is 0.356 e. The highest BCUT2D eigenvalue weighted by Crippen LogP contribution is 2.28. The molecule has 1 saturated heterocycles. The fourth-order valence-corrected chi connectivity index (χ4v) is 3.06. The van der Waals surface area contributed by atoms with E-state index in [4.69, 9.17) is 0 Å². The minimum atomic E-state index is 0.380. The predicted molar refractivity (Wildman–Crippen MR) is 67.8 cm³/mol. The van der Waals surface area contributed by atoms with Crippen molar-refractivity contribution in [1.82, 2.24) is 9.62 Å². The molecule has 1 aliphatic carbocycles. The minimum Gasteiger partial charge on any atom is -0.356 e. The van der Waals surface area contributed by atoms with Crippen LogP contribution in [0.3, 0.4) is 0 Å². The van der Waals surface area contributed by atoms with Crippen LogP contribution in [0.1, 0.15) is 25.7 Å². The number of amides is 1. The van der Waals surface area contributed by atoms with Crippen LogP contribution in [0.25, 0.3) is 0 Å². The molecule has 16 heavy (non-hydrogen) atoms. The number of hydrogen-bond donors (Lipinski definition) is 1. The third kappa shape index (κ3) is 3.39. The van der Waals surface area contributed by atoms with Gasteiger partial charge in [-0.25, -0.2) is 4.31 Å². The van der Waals surface area contributed by atoms with E-state index in [2.05, 4.69) is 27.9 Å². The molecule has 1 N–H and O–H groups in total. The summed E-state index contributed by atoms with van der Waals surface area (Å²) in [6.45, 7) is 2.11. The maximum atomic E-state index is 10.3. The van der Waals surface area contributed by atoms with E-state index < -0.39 is 0 Å². The summed E-state index contributed by atoms with van der Waals surface area (Å²) in [6, 6.07) is 0.380. The lowest BCUT2D eigenvalue weighted by molar-refractivity contribution is -0.110. The highest BCUT2D eigenvalue weighted by Gasteiger charge is 2.19. The number of carbonyl (C=O) groups is 1. The third-order valence-corrected chi connectivity index (χ3v) is 4.09. The van der Waals surface area contributed by atoms with Crippen LogP contribution in [0.5, 0.6) is 0 Å². The summed E-state index contributed by atoms with van der Waals surface area (Å²) in [5.74, 6) is 0. The Bertz CT molecular complexity index is 293. The van der Waals surface area contributed by atoms with E-state index in [0.717, 1.165) is 32.3 Å². The normalized spacial score (nSPS) is 22.9. The molecule has 1 aliphatic heterocycles. The molecule has 1 fully saturated rings. The monoisotopic (exact) mass is 238 g/mol. The van der Waals surface area contributed by atoms with Crippen LogP contribution in [0.4, 0.5) is 0 Å². The molecule has 0 aromatic heterocycles. The van der Waals surface area contributed by atoms with Crippen molar-refractivity contribution in [2.45, 2.75) is 31.7 Å². The highest BCUT2D eigenvalue weighted by atomic mass is 32.2. The first-order chi connectivity index (χ1) is 7.88. The number of carbonyl (C=O) groups excluding carboxylic acids is 1. The fourth-order valence-electron chi connectivity index (χ4n) is 2.02. The van der Waals surface area contributed by atoms with E-state index in [0.29, 0.717) is 6.04 Å². The van der Waals surface area contributed by atoms with Crippen molar-refractivity contribution in [3.05, 3.63) is 23.1 Å². The molecular formula is C12H18N2OS. The molecule has 3 nitrogen and oxygen atoms in total. The van der Waals surface area contributed by atoms with Crippen molar-refractivity contribution < 1.29 is 4.79 Å². The molecule has 0 bridgehead atoms. The Kier molecular flexibility index (Phi) is 4.48. The standard InChI is InChI=1S/C12H18N2OS/c15-10-13-11-6-8-14(9-7-11)16-12-4-2-1-3-5-12/h2,4-5,10-11H,1,3,6-9H2,(H,13,15). The Balaban J connectivity index is 1.74. The number of rotatable bonds is 4. The second kappa shape index (κ2) is 6.11. The topological polar surface area (TPSA) is 32.3 Å². The van der Waals surface area contributed by atoms with Gasteiger partial charge in [-0.05, 0) is 37.6 Å². The summed E-state index contributed by atoms with van der Waals surface area (Å²) < 4.78 is 2.39. The zero-order valence-electron chi connectivity index (χ0n) is 9.39. The van der Waals surface area contributed by atoms with E-state index >= 15 is 0 Å². The molecule has 0 saturated carbocycles. The smallest absolute Gasteiger partial charge is 0.207 e. The van der Waals surface area contributed by atoms with Crippen molar-refractivity contribution in [2.24, 2.45) is 0 Å². The van der Waals surface area contributed by atoms with E-state index in [9.17, 15) is 4.79 Å². The van der Waals surface area contributed by atoms with Gasteiger partial charge < -0.3 is 5.32 Å². The summed E-state index contributed by atoms with van der Waals surface area (Å²) in [5, 5.41) is 2.86. The molecule has 4 heteroatoms. The first kappa shape index (κ1) is 11.7. The number of piperidine rings is 1. The molecule has 88 valence electrons. The molecule has 2 rings (SSSR count). The highest BCUT2D eigenvalue weighted by molar-refractivity contribution is 8.01. The Morgan fingerprint density at radius 1 is 1.38 bits per heavy atom. The molecule has 1 heterocycles. The molecular weight excluding hydrogens is 220 g/mol. The molecule has 0 aromatic carbocycles. The Morgan fingerprint density at radius 2 is 2.19 bits per heavy atom. The average molecular weight is 238 g/mol. The Morgan fingerprint density at radius 3 is 2.81 bits per heavy atom. The lowest BCUT2D eigenvalue weighted by Gasteiger charge is -2.30. The van der Waals surface area contributed by atoms with Gasteiger partial charge in [0.05, 0.1) is 0 Å². The van der Waals surface area contributed by atoms with Crippen molar-refractivity contribution in [1.29, 1.82) is 0 Å². The molecule has 0 aromatic rings. The summed E-state index contributed by atoms with van der Waals surface area (Å²) >= 11 is 1.85. The van der Waals surface area contributed by atoms with Gasteiger partial charge in [0.1, 0.15) is 0 Å². The lowest BCUT2D eigenvalue weighted by atomic mass is 10.1. The van der Waals surface area contributed by atoms with Crippen molar-refractivity contribution in [2.75, 3.05) is 13.1 Å². The molecule has 1 amide bonds. The van der Waals surface area contributed by atoms with Crippen molar-refractivity contribution >= 4 is 18.4 Å². The van der Waals surface area contributed by atoms with Crippen molar-refractivity contribution in [3.8, 4) is 0 Å². The Hall–Kier alpha value is -0.740. The summed E-state index contributed by atoms with van der Waals surface area (Å²) in [6.07, 6.45) is 12.0. The number of nitrogens with one attached hydrogen (secondary N) is 1. The van der Waals surface area contributed by atoms with Gasteiger partial charge in [0.25, 0.3) is 0 Å². The first-order valence-corrected chi connectivity index (χ1v) is 6.65. The summed E-state index contributed by atoms with van der Waals surface area (Å²) in [4.78, 5) is 11.7. The minimum absolute atomic E-state index is 0.380. The zero-order valence-corrected chi connectivity index (χ0v) is 10.2. The van der Waals surface area contributed by atoms with Crippen LogP contribution in [0.15, 0.2) is 23.1 Å². The maximum Gasteiger partial charge on any atom is 0.207 e. The van der Waals surface area contributed by atoms with Crippen LogP contribution in [0, 0.1) is 0 Å². The van der Waals surface area contributed by atoms with Gasteiger partial charge in [-0.3, -0.25) is 4.79 Å². The van der Waals surface area contributed by atoms with Gasteiger partial charge in [-0.1, -0.05) is 18.2 Å². The van der Waals surface area contributed by atoms with Crippen LogP contribution >= 0.6 is 11.9 Å². The van der Waals surface area contributed by atoms with Gasteiger partial charge >= 0.3 is 0 Å². The lowest BCUT2D eigenvalue weighted by Crippen LogP contribution is -2.39. The van der Waals surface area contributed by atoms with Gasteiger partial charge in [0, 0.05) is 24.0 Å². The molecule has 0 radical (unpaired) electrons. The van der Waals surface area contributed by atoms with Gasteiger partial charge in [0.2, 0.25) is 6.41 Å². The van der Waals surface area contributed by atoms with E-state index in [1.807, 2.05) is 11.9 Å². The third-order valence-electron chi connectivity index (χ3n) is 2.95.